The van der Waals surface area contributed by atoms with Gasteiger partial charge in [0.2, 0.25) is 0 Å². The van der Waals surface area contributed by atoms with Crippen LogP contribution in [0.2, 0.25) is 0 Å². The van der Waals surface area contributed by atoms with E-state index in [9.17, 15) is 0 Å². The first kappa shape index (κ1) is 13.1. The summed E-state index contributed by atoms with van der Waals surface area (Å²) in [4.78, 5) is 4.01. The smallest absolute Gasteiger partial charge is 0.119 e. The van der Waals surface area contributed by atoms with Crippen LogP contribution in [0.1, 0.15) is 35.6 Å². The molecule has 3 rings (SSSR count). The Morgan fingerprint density at radius 3 is 2.90 bits per heavy atom. The second-order valence-corrected chi connectivity index (χ2v) is 5.31. The summed E-state index contributed by atoms with van der Waals surface area (Å²) in [7, 11) is 0. The maximum Gasteiger partial charge on any atom is 0.119 e. The molecule has 0 aliphatic heterocycles. The van der Waals surface area contributed by atoms with Crippen LogP contribution in [0, 0.1) is 0 Å². The van der Waals surface area contributed by atoms with E-state index in [1.54, 1.807) is 0 Å². The van der Waals surface area contributed by atoms with Crippen LogP contribution in [0.5, 0.6) is 5.75 Å². The molecule has 0 fully saturated rings. The van der Waals surface area contributed by atoms with E-state index in [0.29, 0.717) is 6.61 Å². The van der Waals surface area contributed by atoms with Gasteiger partial charge in [0.05, 0.1) is 6.61 Å². The van der Waals surface area contributed by atoms with Gasteiger partial charge < -0.3 is 10.5 Å². The molecule has 2 N–H and O–H groups in total. The third-order valence-electron chi connectivity index (χ3n) is 3.88. The Morgan fingerprint density at radius 1 is 1.20 bits per heavy atom. The first-order valence-corrected chi connectivity index (χ1v) is 7.23. The fourth-order valence-corrected chi connectivity index (χ4v) is 2.75. The zero-order valence-electron chi connectivity index (χ0n) is 11.6. The van der Waals surface area contributed by atoms with Gasteiger partial charge in [-0.3, -0.25) is 4.98 Å². The third kappa shape index (κ3) is 2.99. The molecule has 1 aromatic heterocycles. The molecular formula is C17H20N2O. The summed E-state index contributed by atoms with van der Waals surface area (Å²) in [6.07, 6.45) is 7.92. The number of hydrogen-bond donors (Lipinski definition) is 1. The van der Waals surface area contributed by atoms with E-state index in [4.69, 9.17) is 10.5 Å². The molecular weight excluding hydrogens is 248 g/mol. The molecule has 1 atom stereocenters. The lowest BCUT2D eigenvalue weighted by molar-refractivity contribution is 0.321. The minimum Gasteiger partial charge on any atom is -0.493 e. The number of hydrogen-bond acceptors (Lipinski definition) is 3. The molecule has 1 heterocycles. The van der Waals surface area contributed by atoms with Gasteiger partial charge in [0.15, 0.2) is 0 Å². The quantitative estimate of drug-likeness (QED) is 0.927. The Bertz CT molecular complexity index is 568. The molecule has 0 saturated carbocycles. The maximum absolute atomic E-state index is 6.13. The number of nitrogens with zero attached hydrogens (tertiary/aromatic N) is 1. The van der Waals surface area contributed by atoms with Crippen molar-refractivity contribution in [1.82, 2.24) is 4.98 Å². The number of rotatable bonds is 4. The van der Waals surface area contributed by atoms with Gasteiger partial charge in [0, 0.05) is 24.9 Å². The van der Waals surface area contributed by atoms with Crippen molar-refractivity contribution in [2.75, 3.05) is 6.61 Å². The van der Waals surface area contributed by atoms with Gasteiger partial charge in [0.1, 0.15) is 5.75 Å². The minimum absolute atomic E-state index is 0.199. The molecule has 0 amide bonds. The van der Waals surface area contributed by atoms with E-state index in [0.717, 1.165) is 25.0 Å². The lowest BCUT2D eigenvalue weighted by Crippen LogP contribution is -2.17. The van der Waals surface area contributed by atoms with Crippen LogP contribution in [-0.2, 0) is 12.8 Å². The highest BCUT2D eigenvalue weighted by atomic mass is 16.5. The highest BCUT2D eigenvalue weighted by molar-refractivity contribution is 5.38. The SMILES string of the molecule is NC1CCCc2cc(OCCc3ccncc3)ccc21. The Kier molecular flexibility index (Phi) is 3.97. The Balaban J connectivity index is 1.61. The lowest BCUT2D eigenvalue weighted by atomic mass is 9.88. The summed E-state index contributed by atoms with van der Waals surface area (Å²) in [6.45, 7) is 0.689. The summed E-state index contributed by atoms with van der Waals surface area (Å²) in [5.74, 6) is 0.951. The van der Waals surface area contributed by atoms with Crippen LogP contribution in [0.15, 0.2) is 42.7 Å². The Morgan fingerprint density at radius 2 is 2.05 bits per heavy atom. The minimum atomic E-state index is 0.199. The number of fused-ring (bicyclic) bond motifs is 1. The Hall–Kier alpha value is -1.87. The molecule has 3 heteroatoms. The van der Waals surface area contributed by atoms with E-state index >= 15 is 0 Å². The highest BCUT2D eigenvalue weighted by Gasteiger charge is 2.16. The van der Waals surface area contributed by atoms with E-state index in [-0.39, 0.29) is 6.04 Å². The normalized spacial score (nSPS) is 17.6. The molecule has 1 unspecified atom stereocenters. The fraction of sp³-hybridized carbons (Fsp3) is 0.353. The predicted molar refractivity (Wildman–Crippen MR) is 79.7 cm³/mol. The van der Waals surface area contributed by atoms with Crippen LogP contribution in [0.4, 0.5) is 0 Å². The molecule has 1 aliphatic carbocycles. The zero-order valence-corrected chi connectivity index (χ0v) is 11.6. The molecule has 0 radical (unpaired) electrons. The molecule has 0 spiro atoms. The van der Waals surface area contributed by atoms with Crippen LogP contribution in [0.3, 0.4) is 0 Å². The van der Waals surface area contributed by atoms with Crippen molar-refractivity contribution in [2.45, 2.75) is 31.7 Å². The third-order valence-corrected chi connectivity index (χ3v) is 3.88. The number of benzene rings is 1. The largest absolute Gasteiger partial charge is 0.493 e. The van der Waals surface area contributed by atoms with Crippen LogP contribution in [0.25, 0.3) is 0 Å². The highest BCUT2D eigenvalue weighted by Crippen LogP contribution is 2.30. The molecule has 1 aromatic carbocycles. The standard InChI is InChI=1S/C17H20N2O/c18-17-3-1-2-14-12-15(4-5-16(14)17)20-11-8-13-6-9-19-10-7-13/h4-7,9-10,12,17H,1-3,8,11,18H2. The molecule has 0 saturated heterocycles. The predicted octanol–water partition coefficient (Wildman–Crippen LogP) is 3.04. The topological polar surface area (TPSA) is 48.1 Å². The number of ether oxygens (including phenoxy) is 1. The van der Waals surface area contributed by atoms with Gasteiger partial charge in [-0.25, -0.2) is 0 Å². The average molecular weight is 268 g/mol. The summed E-state index contributed by atoms with van der Waals surface area (Å²) in [5.41, 5.74) is 10.0. The maximum atomic E-state index is 6.13. The van der Waals surface area contributed by atoms with E-state index in [1.807, 2.05) is 30.6 Å². The molecule has 2 aromatic rings. The second-order valence-electron chi connectivity index (χ2n) is 5.31. The van der Waals surface area contributed by atoms with Gasteiger partial charge in [-0.15, -0.1) is 0 Å². The van der Waals surface area contributed by atoms with Crippen molar-refractivity contribution in [3.63, 3.8) is 0 Å². The summed E-state index contributed by atoms with van der Waals surface area (Å²) >= 11 is 0. The van der Waals surface area contributed by atoms with Crippen molar-refractivity contribution in [3.05, 3.63) is 59.4 Å². The van der Waals surface area contributed by atoms with Crippen molar-refractivity contribution in [3.8, 4) is 5.75 Å². The first-order chi connectivity index (χ1) is 9.83. The molecule has 1 aliphatic rings. The second kappa shape index (κ2) is 6.06. The van der Waals surface area contributed by atoms with Crippen molar-refractivity contribution in [2.24, 2.45) is 5.73 Å². The fourth-order valence-electron chi connectivity index (χ4n) is 2.75. The first-order valence-electron chi connectivity index (χ1n) is 7.23. The van der Waals surface area contributed by atoms with Gasteiger partial charge in [0.25, 0.3) is 0 Å². The molecule has 104 valence electrons. The zero-order chi connectivity index (χ0) is 13.8. The van der Waals surface area contributed by atoms with Crippen molar-refractivity contribution >= 4 is 0 Å². The van der Waals surface area contributed by atoms with Crippen LogP contribution in [-0.4, -0.2) is 11.6 Å². The van der Waals surface area contributed by atoms with Gasteiger partial charge >= 0.3 is 0 Å². The monoisotopic (exact) mass is 268 g/mol. The summed E-state index contributed by atoms with van der Waals surface area (Å²) < 4.78 is 5.85. The number of pyridine rings is 1. The van der Waals surface area contributed by atoms with E-state index < -0.39 is 0 Å². The van der Waals surface area contributed by atoms with E-state index in [1.165, 1.54) is 23.1 Å². The molecule has 3 nitrogen and oxygen atoms in total. The number of aryl methyl sites for hydroxylation is 1. The average Bonchev–Trinajstić information content (AvgIpc) is 2.48. The van der Waals surface area contributed by atoms with Gasteiger partial charge in [-0.2, -0.15) is 0 Å². The lowest BCUT2D eigenvalue weighted by Gasteiger charge is -2.22. The van der Waals surface area contributed by atoms with Crippen molar-refractivity contribution < 1.29 is 4.74 Å². The van der Waals surface area contributed by atoms with Crippen LogP contribution >= 0.6 is 0 Å². The summed E-state index contributed by atoms with van der Waals surface area (Å²) in [5, 5.41) is 0. The van der Waals surface area contributed by atoms with E-state index in [2.05, 4.69) is 17.1 Å². The number of aromatic nitrogens is 1. The summed E-state index contributed by atoms with van der Waals surface area (Å²) in [6, 6.07) is 10.6. The molecule has 0 bridgehead atoms. The van der Waals surface area contributed by atoms with Crippen LogP contribution < -0.4 is 10.5 Å². The van der Waals surface area contributed by atoms with Crippen molar-refractivity contribution in [1.29, 1.82) is 0 Å². The Labute approximate surface area is 119 Å². The molecule has 20 heavy (non-hydrogen) atoms. The van der Waals surface area contributed by atoms with Gasteiger partial charge in [-0.1, -0.05) is 6.07 Å². The number of nitrogens with two attached hydrogens (primary N) is 1. The van der Waals surface area contributed by atoms with Gasteiger partial charge in [-0.05, 0) is 60.2 Å².